The highest BCUT2D eigenvalue weighted by Gasteiger charge is 2.22. The molecule has 6 heteroatoms. The molecule has 0 saturated carbocycles. The number of anilines is 2. The number of aryl methyl sites for hydroxylation is 1. The van der Waals surface area contributed by atoms with E-state index in [0.717, 1.165) is 37.3 Å². The molecule has 1 saturated heterocycles. The molecule has 2 rings (SSSR count). The SMILES string of the molecule is Cc1nc(N)c(C)c(N2CCC(OCCO)CC2)n1. The van der Waals surface area contributed by atoms with E-state index in [-0.39, 0.29) is 12.7 Å². The molecule has 0 atom stereocenters. The predicted octanol–water partition coefficient (Wildman–Crippen LogP) is 0.653. The first-order chi connectivity index (χ1) is 9.11. The van der Waals surface area contributed by atoms with Crippen LogP contribution in [-0.4, -0.2) is 47.5 Å². The highest BCUT2D eigenvalue weighted by molar-refractivity contribution is 5.56. The summed E-state index contributed by atoms with van der Waals surface area (Å²) in [5.74, 6) is 2.20. The normalized spacial score (nSPS) is 16.9. The summed E-state index contributed by atoms with van der Waals surface area (Å²) >= 11 is 0. The Morgan fingerprint density at radius 2 is 2.00 bits per heavy atom. The third kappa shape index (κ3) is 3.33. The van der Waals surface area contributed by atoms with Crippen molar-refractivity contribution in [1.82, 2.24) is 9.97 Å². The number of ether oxygens (including phenoxy) is 1. The lowest BCUT2D eigenvalue weighted by molar-refractivity contribution is 0.0158. The summed E-state index contributed by atoms with van der Waals surface area (Å²) in [4.78, 5) is 10.9. The zero-order valence-corrected chi connectivity index (χ0v) is 11.6. The maximum absolute atomic E-state index is 8.76. The number of nitrogens with two attached hydrogens (primary N) is 1. The van der Waals surface area contributed by atoms with Gasteiger partial charge < -0.3 is 20.5 Å². The van der Waals surface area contributed by atoms with E-state index in [2.05, 4.69) is 14.9 Å². The molecule has 106 valence electrons. The van der Waals surface area contributed by atoms with Crippen LogP contribution >= 0.6 is 0 Å². The highest BCUT2D eigenvalue weighted by Crippen LogP contribution is 2.25. The Bertz CT molecular complexity index is 431. The van der Waals surface area contributed by atoms with Crippen LogP contribution in [0.25, 0.3) is 0 Å². The number of nitrogen functional groups attached to an aromatic ring is 1. The van der Waals surface area contributed by atoms with Crippen molar-refractivity contribution in [2.75, 3.05) is 36.9 Å². The number of nitrogens with zero attached hydrogens (tertiary/aromatic N) is 3. The van der Waals surface area contributed by atoms with E-state index in [1.165, 1.54) is 0 Å². The Kier molecular flexibility index (Phi) is 4.55. The molecule has 3 N–H and O–H groups in total. The fraction of sp³-hybridized carbons (Fsp3) is 0.692. The van der Waals surface area contributed by atoms with Gasteiger partial charge in [-0.2, -0.15) is 0 Å². The van der Waals surface area contributed by atoms with Crippen LogP contribution in [0, 0.1) is 13.8 Å². The lowest BCUT2D eigenvalue weighted by Gasteiger charge is -2.33. The third-order valence-electron chi connectivity index (χ3n) is 3.46. The van der Waals surface area contributed by atoms with Gasteiger partial charge in [-0.3, -0.25) is 0 Å². The molecule has 1 fully saturated rings. The summed E-state index contributed by atoms with van der Waals surface area (Å²) < 4.78 is 5.56. The summed E-state index contributed by atoms with van der Waals surface area (Å²) in [5, 5.41) is 8.76. The van der Waals surface area contributed by atoms with Crippen LogP contribution in [0.5, 0.6) is 0 Å². The Labute approximate surface area is 113 Å². The zero-order valence-electron chi connectivity index (χ0n) is 11.6. The number of aliphatic hydroxyl groups is 1. The van der Waals surface area contributed by atoms with Crippen molar-refractivity contribution >= 4 is 11.6 Å². The number of aliphatic hydroxyl groups excluding tert-OH is 1. The number of hydrogen-bond donors (Lipinski definition) is 2. The van der Waals surface area contributed by atoms with Crippen molar-refractivity contribution in [2.45, 2.75) is 32.8 Å². The van der Waals surface area contributed by atoms with Crippen LogP contribution in [-0.2, 0) is 4.74 Å². The molecule has 0 bridgehead atoms. The molecule has 1 aliphatic heterocycles. The van der Waals surface area contributed by atoms with Gasteiger partial charge in [0.2, 0.25) is 0 Å². The lowest BCUT2D eigenvalue weighted by Crippen LogP contribution is -2.38. The zero-order chi connectivity index (χ0) is 13.8. The predicted molar refractivity (Wildman–Crippen MR) is 74.2 cm³/mol. The van der Waals surface area contributed by atoms with Crippen molar-refractivity contribution in [3.8, 4) is 0 Å². The van der Waals surface area contributed by atoms with Gasteiger partial charge in [0.1, 0.15) is 17.5 Å². The van der Waals surface area contributed by atoms with Crippen LogP contribution in [0.15, 0.2) is 0 Å². The van der Waals surface area contributed by atoms with Gasteiger partial charge >= 0.3 is 0 Å². The van der Waals surface area contributed by atoms with Gasteiger partial charge in [0.05, 0.1) is 19.3 Å². The van der Waals surface area contributed by atoms with Crippen LogP contribution in [0.1, 0.15) is 24.2 Å². The van der Waals surface area contributed by atoms with Gasteiger partial charge in [-0.15, -0.1) is 0 Å². The van der Waals surface area contributed by atoms with Gasteiger partial charge in [0, 0.05) is 18.7 Å². The maximum atomic E-state index is 8.76. The number of piperidine rings is 1. The second-order valence-corrected chi connectivity index (χ2v) is 4.89. The van der Waals surface area contributed by atoms with E-state index < -0.39 is 0 Å². The number of hydrogen-bond acceptors (Lipinski definition) is 6. The standard InChI is InChI=1S/C13H22N4O2/c1-9-12(14)15-10(2)16-13(9)17-5-3-11(4-6-17)19-8-7-18/h11,18H,3-8H2,1-2H3,(H2,14,15,16). The van der Waals surface area contributed by atoms with Crippen molar-refractivity contribution in [1.29, 1.82) is 0 Å². The van der Waals surface area contributed by atoms with Gasteiger partial charge in [-0.1, -0.05) is 0 Å². The van der Waals surface area contributed by atoms with Crippen LogP contribution in [0.4, 0.5) is 11.6 Å². The Morgan fingerprint density at radius 1 is 1.32 bits per heavy atom. The fourth-order valence-corrected chi connectivity index (χ4v) is 2.40. The van der Waals surface area contributed by atoms with E-state index in [4.69, 9.17) is 15.6 Å². The van der Waals surface area contributed by atoms with Crippen molar-refractivity contribution < 1.29 is 9.84 Å². The average molecular weight is 266 g/mol. The van der Waals surface area contributed by atoms with E-state index in [9.17, 15) is 0 Å². The smallest absolute Gasteiger partial charge is 0.137 e. The molecule has 19 heavy (non-hydrogen) atoms. The fourth-order valence-electron chi connectivity index (χ4n) is 2.40. The van der Waals surface area contributed by atoms with Crippen LogP contribution in [0.3, 0.4) is 0 Å². The van der Waals surface area contributed by atoms with E-state index in [1.807, 2.05) is 13.8 Å². The molecule has 1 aromatic heterocycles. The minimum absolute atomic E-state index is 0.0843. The Balaban J connectivity index is 2.01. The maximum Gasteiger partial charge on any atom is 0.137 e. The molecule has 0 unspecified atom stereocenters. The number of aromatic nitrogens is 2. The summed E-state index contributed by atoms with van der Waals surface area (Å²) in [7, 11) is 0. The molecular weight excluding hydrogens is 244 g/mol. The van der Waals surface area contributed by atoms with E-state index >= 15 is 0 Å². The molecule has 0 aromatic carbocycles. The van der Waals surface area contributed by atoms with Crippen molar-refractivity contribution in [3.05, 3.63) is 11.4 Å². The van der Waals surface area contributed by atoms with Gasteiger partial charge in [-0.05, 0) is 26.7 Å². The Hall–Kier alpha value is -1.40. The largest absolute Gasteiger partial charge is 0.394 e. The van der Waals surface area contributed by atoms with Crippen LogP contribution < -0.4 is 10.6 Å². The summed E-state index contributed by atoms with van der Waals surface area (Å²) in [6.07, 6.45) is 2.13. The van der Waals surface area contributed by atoms with Gasteiger partial charge in [-0.25, -0.2) is 9.97 Å². The quantitative estimate of drug-likeness (QED) is 0.832. The molecule has 0 amide bonds. The molecule has 6 nitrogen and oxygen atoms in total. The summed E-state index contributed by atoms with van der Waals surface area (Å²) in [6.45, 7) is 6.11. The van der Waals surface area contributed by atoms with Gasteiger partial charge in [0.25, 0.3) is 0 Å². The first-order valence-corrected chi connectivity index (χ1v) is 6.70. The molecule has 0 radical (unpaired) electrons. The topological polar surface area (TPSA) is 84.5 Å². The Morgan fingerprint density at radius 3 is 2.63 bits per heavy atom. The first kappa shape index (κ1) is 14.0. The molecule has 2 heterocycles. The molecular formula is C13H22N4O2. The second kappa shape index (κ2) is 6.16. The minimum Gasteiger partial charge on any atom is -0.394 e. The highest BCUT2D eigenvalue weighted by atomic mass is 16.5. The van der Waals surface area contributed by atoms with Crippen molar-refractivity contribution in [3.63, 3.8) is 0 Å². The summed E-state index contributed by atoms with van der Waals surface area (Å²) in [5.41, 5.74) is 6.84. The monoisotopic (exact) mass is 266 g/mol. The number of rotatable bonds is 4. The lowest BCUT2D eigenvalue weighted by atomic mass is 10.1. The molecule has 1 aromatic rings. The van der Waals surface area contributed by atoms with Gasteiger partial charge in [0.15, 0.2) is 0 Å². The van der Waals surface area contributed by atoms with Crippen molar-refractivity contribution in [2.24, 2.45) is 0 Å². The first-order valence-electron chi connectivity index (χ1n) is 6.70. The molecule has 1 aliphatic rings. The third-order valence-corrected chi connectivity index (χ3v) is 3.46. The van der Waals surface area contributed by atoms with E-state index in [1.54, 1.807) is 0 Å². The second-order valence-electron chi connectivity index (χ2n) is 4.89. The molecule has 0 aliphatic carbocycles. The average Bonchev–Trinajstić information content (AvgIpc) is 2.41. The molecule has 0 spiro atoms. The minimum atomic E-state index is 0.0843. The summed E-state index contributed by atoms with van der Waals surface area (Å²) in [6, 6.07) is 0. The van der Waals surface area contributed by atoms with E-state index in [0.29, 0.717) is 18.2 Å². The van der Waals surface area contributed by atoms with Crippen LogP contribution in [0.2, 0.25) is 0 Å².